The van der Waals surface area contributed by atoms with E-state index in [-0.39, 0.29) is 10.8 Å². The Hall–Kier alpha value is -3.20. The quantitative estimate of drug-likeness (QED) is 0.521. The SMILES string of the molecule is C[C@@H]1CCc2nc3ccccc3c(C(=O)OCC(=O)Nc3ncc(C(F)(F)F)cc3Cl)c2C1. The van der Waals surface area contributed by atoms with Crippen LogP contribution in [0.5, 0.6) is 0 Å². The molecule has 2 aromatic heterocycles. The molecule has 1 aliphatic carbocycles. The molecule has 0 saturated carbocycles. The van der Waals surface area contributed by atoms with Crippen molar-refractivity contribution in [2.24, 2.45) is 5.92 Å². The Bertz CT molecular complexity index is 1250. The maximum absolute atomic E-state index is 13.0. The molecule has 0 bridgehead atoms. The fourth-order valence-corrected chi connectivity index (χ4v) is 4.07. The summed E-state index contributed by atoms with van der Waals surface area (Å²) in [7, 11) is 0. The molecule has 33 heavy (non-hydrogen) atoms. The number of carbonyl (C=O) groups excluding carboxylic acids is 2. The molecule has 1 N–H and O–H groups in total. The number of hydrogen-bond acceptors (Lipinski definition) is 5. The highest BCUT2D eigenvalue weighted by Gasteiger charge is 2.32. The predicted molar refractivity (Wildman–Crippen MR) is 116 cm³/mol. The first-order valence-electron chi connectivity index (χ1n) is 10.2. The number of aromatic nitrogens is 2. The van der Waals surface area contributed by atoms with E-state index in [1.807, 2.05) is 12.1 Å². The molecule has 3 aromatic rings. The van der Waals surface area contributed by atoms with Crippen LogP contribution in [-0.4, -0.2) is 28.5 Å². The van der Waals surface area contributed by atoms with E-state index in [4.69, 9.17) is 16.3 Å². The number of halogens is 4. The van der Waals surface area contributed by atoms with E-state index in [1.165, 1.54) is 0 Å². The Morgan fingerprint density at radius 2 is 2.03 bits per heavy atom. The van der Waals surface area contributed by atoms with Crippen LogP contribution >= 0.6 is 11.6 Å². The number of nitrogens with zero attached hydrogens (tertiary/aromatic N) is 2. The first-order chi connectivity index (χ1) is 15.6. The number of hydrogen-bond donors (Lipinski definition) is 1. The van der Waals surface area contributed by atoms with E-state index in [0.717, 1.165) is 24.1 Å². The third-order valence-electron chi connectivity index (χ3n) is 5.47. The number of amides is 1. The van der Waals surface area contributed by atoms with Crippen molar-refractivity contribution in [1.29, 1.82) is 0 Å². The van der Waals surface area contributed by atoms with Crippen molar-refractivity contribution in [2.45, 2.75) is 32.4 Å². The third-order valence-corrected chi connectivity index (χ3v) is 5.76. The molecule has 0 aliphatic heterocycles. The summed E-state index contributed by atoms with van der Waals surface area (Å²) in [6.07, 6.45) is -1.66. The van der Waals surface area contributed by atoms with Crippen LogP contribution in [0.15, 0.2) is 36.5 Å². The number of aryl methyl sites for hydroxylation is 1. The number of esters is 1. The molecule has 0 saturated heterocycles. The second-order valence-corrected chi connectivity index (χ2v) is 8.36. The van der Waals surface area contributed by atoms with E-state index < -0.39 is 30.2 Å². The largest absolute Gasteiger partial charge is 0.452 e. The van der Waals surface area contributed by atoms with Crippen LogP contribution in [0.3, 0.4) is 0 Å². The van der Waals surface area contributed by atoms with Gasteiger partial charge in [0.15, 0.2) is 12.4 Å². The van der Waals surface area contributed by atoms with Gasteiger partial charge in [-0.1, -0.05) is 36.7 Å². The van der Waals surface area contributed by atoms with Crippen molar-refractivity contribution < 1.29 is 27.5 Å². The minimum absolute atomic E-state index is 0.258. The minimum Gasteiger partial charge on any atom is -0.452 e. The van der Waals surface area contributed by atoms with Gasteiger partial charge in [-0.05, 0) is 42.9 Å². The second-order valence-electron chi connectivity index (χ2n) is 7.95. The number of nitrogens with one attached hydrogen (secondary N) is 1. The van der Waals surface area contributed by atoms with Crippen molar-refractivity contribution in [2.75, 3.05) is 11.9 Å². The number of fused-ring (bicyclic) bond motifs is 2. The lowest BCUT2D eigenvalue weighted by Crippen LogP contribution is -2.24. The highest BCUT2D eigenvalue weighted by Crippen LogP contribution is 2.33. The van der Waals surface area contributed by atoms with Gasteiger partial charge in [-0.2, -0.15) is 13.2 Å². The first-order valence-corrected chi connectivity index (χ1v) is 10.6. The molecule has 1 aliphatic rings. The Balaban J connectivity index is 1.52. The van der Waals surface area contributed by atoms with Gasteiger partial charge in [0.25, 0.3) is 5.91 Å². The summed E-state index contributed by atoms with van der Waals surface area (Å²) >= 11 is 5.80. The molecule has 6 nitrogen and oxygen atoms in total. The van der Waals surface area contributed by atoms with Crippen molar-refractivity contribution in [3.05, 3.63) is 63.9 Å². The summed E-state index contributed by atoms with van der Waals surface area (Å²) in [6.45, 7) is 1.44. The van der Waals surface area contributed by atoms with Gasteiger partial charge < -0.3 is 10.1 Å². The van der Waals surface area contributed by atoms with Crippen LogP contribution < -0.4 is 5.32 Å². The molecule has 4 rings (SSSR count). The molecule has 2 heterocycles. The monoisotopic (exact) mass is 477 g/mol. The standard InChI is InChI=1S/C23H19ClF3N3O3/c1-12-6-7-18-15(8-12)20(14-4-2-3-5-17(14)29-18)22(32)33-11-19(31)30-21-16(24)9-13(10-28-21)23(25,26)27/h2-5,9-10,12H,6-8,11H2,1H3,(H,28,30,31)/t12-/m1/s1. The van der Waals surface area contributed by atoms with Gasteiger partial charge in [-0.15, -0.1) is 0 Å². The lowest BCUT2D eigenvalue weighted by molar-refractivity contribution is -0.137. The smallest absolute Gasteiger partial charge is 0.417 e. The molecule has 1 aromatic carbocycles. The summed E-state index contributed by atoms with van der Waals surface area (Å²) in [5, 5.41) is 2.52. The first kappa shape index (κ1) is 23.0. The van der Waals surface area contributed by atoms with Crippen LogP contribution in [0.25, 0.3) is 10.9 Å². The average Bonchev–Trinajstić information content (AvgIpc) is 2.76. The minimum atomic E-state index is -4.61. The zero-order chi connectivity index (χ0) is 23.8. The lowest BCUT2D eigenvalue weighted by Gasteiger charge is -2.24. The summed E-state index contributed by atoms with van der Waals surface area (Å²) in [4.78, 5) is 33.5. The summed E-state index contributed by atoms with van der Waals surface area (Å²) in [5.41, 5.74) is 1.69. The topological polar surface area (TPSA) is 81.2 Å². The Morgan fingerprint density at radius 3 is 2.76 bits per heavy atom. The maximum atomic E-state index is 13.0. The van der Waals surface area contributed by atoms with Crippen molar-refractivity contribution >= 4 is 40.2 Å². The molecule has 0 unspecified atom stereocenters. The zero-order valence-corrected chi connectivity index (χ0v) is 18.3. The molecule has 172 valence electrons. The van der Waals surface area contributed by atoms with E-state index in [9.17, 15) is 22.8 Å². The number of anilines is 1. The van der Waals surface area contributed by atoms with Crippen LogP contribution in [0.4, 0.5) is 19.0 Å². The van der Waals surface area contributed by atoms with Crippen molar-refractivity contribution in [3.63, 3.8) is 0 Å². The normalized spacial score (nSPS) is 15.7. The number of para-hydroxylation sites is 1. The van der Waals surface area contributed by atoms with Gasteiger partial charge in [0, 0.05) is 17.3 Å². The number of benzene rings is 1. The van der Waals surface area contributed by atoms with E-state index >= 15 is 0 Å². The maximum Gasteiger partial charge on any atom is 0.417 e. The molecule has 1 atom stereocenters. The summed E-state index contributed by atoms with van der Waals surface area (Å²) in [5.74, 6) is -1.33. The lowest BCUT2D eigenvalue weighted by atomic mass is 9.84. The molecule has 1 amide bonds. The number of carbonyl (C=O) groups is 2. The van der Waals surface area contributed by atoms with E-state index in [2.05, 4.69) is 22.2 Å². The van der Waals surface area contributed by atoms with Gasteiger partial charge >= 0.3 is 12.1 Å². The number of rotatable bonds is 4. The molecule has 0 spiro atoms. The summed E-state index contributed by atoms with van der Waals surface area (Å²) < 4.78 is 43.5. The number of alkyl halides is 3. The molecule has 0 radical (unpaired) electrons. The van der Waals surface area contributed by atoms with Gasteiger partial charge in [-0.25, -0.2) is 9.78 Å². The highest BCUT2D eigenvalue weighted by atomic mass is 35.5. The second kappa shape index (κ2) is 8.97. The van der Waals surface area contributed by atoms with Crippen molar-refractivity contribution in [3.8, 4) is 0 Å². The van der Waals surface area contributed by atoms with Crippen LogP contribution in [0, 0.1) is 5.92 Å². The van der Waals surface area contributed by atoms with Gasteiger partial charge in [0.2, 0.25) is 0 Å². The Labute approximate surface area is 192 Å². The molecular formula is C23H19ClF3N3O3. The number of ether oxygens (including phenoxy) is 1. The van der Waals surface area contributed by atoms with Crippen LogP contribution in [0.1, 0.15) is 40.5 Å². The van der Waals surface area contributed by atoms with Gasteiger partial charge in [-0.3, -0.25) is 9.78 Å². The molecule has 0 fully saturated rings. The van der Waals surface area contributed by atoms with Crippen LogP contribution in [-0.2, 0) is 28.5 Å². The average molecular weight is 478 g/mol. The summed E-state index contributed by atoms with van der Waals surface area (Å²) in [6, 6.07) is 7.88. The fourth-order valence-electron chi connectivity index (χ4n) is 3.85. The molecular weight excluding hydrogens is 459 g/mol. The third kappa shape index (κ3) is 4.93. The highest BCUT2D eigenvalue weighted by molar-refractivity contribution is 6.33. The number of pyridine rings is 2. The molecule has 10 heteroatoms. The zero-order valence-electron chi connectivity index (χ0n) is 17.5. The van der Waals surface area contributed by atoms with Gasteiger partial charge in [0.1, 0.15) is 0 Å². The van der Waals surface area contributed by atoms with Crippen LogP contribution in [0.2, 0.25) is 5.02 Å². The Morgan fingerprint density at radius 1 is 1.27 bits per heavy atom. The van der Waals surface area contributed by atoms with Crippen molar-refractivity contribution in [1.82, 2.24) is 9.97 Å². The van der Waals surface area contributed by atoms with E-state index in [0.29, 0.717) is 41.1 Å². The van der Waals surface area contributed by atoms with Gasteiger partial charge in [0.05, 0.1) is 21.7 Å². The van der Waals surface area contributed by atoms with E-state index in [1.54, 1.807) is 12.1 Å². The fraction of sp³-hybridized carbons (Fsp3) is 0.304. The Kier molecular flexibility index (Phi) is 6.25. The predicted octanol–water partition coefficient (Wildman–Crippen LogP) is 5.22.